The van der Waals surface area contributed by atoms with Crippen molar-refractivity contribution in [3.63, 3.8) is 0 Å². The first kappa shape index (κ1) is 35.2. The molecule has 0 radical (unpaired) electrons. The summed E-state index contributed by atoms with van der Waals surface area (Å²) in [4.78, 5) is 22.9. The average Bonchev–Trinajstić information content (AvgIpc) is 3.52. The van der Waals surface area contributed by atoms with E-state index < -0.39 is 29.6 Å². The van der Waals surface area contributed by atoms with Gasteiger partial charge in [-0.25, -0.2) is 9.59 Å². The molecule has 1 aliphatic rings. The number of esters is 2. The number of rotatable bonds is 14. The van der Waals surface area contributed by atoms with Gasteiger partial charge in [-0.05, 0) is 79.2 Å². The van der Waals surface area contributed by atoms with Crippen LogP contribution in [0.25, 0.3) is 32.7 Å². The van der Waals surface area contributed by atoms with Gasteiger partial charge in [0, 0.05) is 12.2 Å². The van der Waals surface area contributed by atoms with Gasteiger partial charge in [0.15, 0.2) is 0 Å². The predicted octanol–water partition coefficient (Wildman–Crippen LogP) is 7.29. The van der Waals surface area contributed by atoms with E-state index in [4.69, 9.17) is 18.9 Å². The summed E-state index contributed by atoms with van der Waals surface area (Å²) < 4.78 is 21.8. The quantitative estimate of drug-likeness (QED) is 0.0896. The minimum absolute atomic E-state index is 0.0668. The molecule has 8 heteroatoms. The molecule has 0 aliphatic heterocycles. The fourth-order valence-corrected chi connectivity index (χ4v) is 7.23. The summed E-state index contributed by atoms with van der Waals surface area (Å²) in [6.45, 7) is 6.20. The molecule has 0 aromatic heterocycles. The van der Waals surface area contributed by atoms with Gasteiger partial charge in [0.25, 0.3) is 0 Å². The van der Waals surface area contributed by atoms with Crippen LogP contribution < -0.4 is 9.47 Å². The van der Waals surface area contributed by atoms with Crippen molar-refractivity contribution < 1.29 is 38.7 Å². The molecule has 6 aromatic carbocycles. The van der Waals surface area contributed by atoms with Crippen molar-refractivity contribution in [3.8, 4) is 22.6 Å². The zero-order chi connectivity index (χ0) is 37.0. The largest absolute Gasteiger partial charge is 0.491 e. The standard InChI is InChI=1S/C45H38O8/c1-3-41(48)52-27-33(46)25-50-35-19-15-31(16-20-35)45(32-17-21-36(22-18-32)51-26-34(47)28-53-42(49)4-2)43-37-11-7-5-9-29(37)13-23-39(43)40-24-14-30-10-6-8-12-38(30)44(40)45/h3-24,33-34,46-47H,1-2,25-28H2. The van der Waals surface area contributed by atoms with E-state index in [1.54, 1.807) is 0 Å². The molecular formula is C45H38O8. The molecule has 0 heterocycles. The number of ether oxygens (including phenoxy) is 4. The number of fused-ring (bicyclic) bond motifs is 7. The van der Waals surface area contributed by atoms with Crippen molar-refractivity contribution in [2.24, 2.45) is 0 Å². The minimum atomic E-state index is -1.01. The van der Waals surface area contributed by atoms with Crippen molar-refractivity contribution in [2.45, 2.75) is 17.6 Å². The van der Waals surface area contributed by atoms with Crippen LogP contribution in [0.2, 0.25) is 0 Å². The first-order chi connectivity index (χ1) is 25.8. The Morgan fingerprint density at radius 3 is 1.34 bits per heavy atom. The molecule has 0 fully saturated rings. The van der Waals surface area contributed by atoms with Gasteiger partial charge in [-0.3, -0.25) is 0 Å². The molecule has 8 nitrogen and oxygen atoms in total. The van der Waals surface area contributed by atoms with Gasteiger partial charge >= 0.3 is 11.9 Å². The van der Waals surface area contributed by atoms with Crippen LogP contribution in [0.15, 0.2) is 147 Å². The van der Waals surface area contributed by atoms with Crippen molar-refractivity contribution in [2.75, 3.05) is 26.4 Å². The highest BCUT2D eigenvalue weighted by molar-refractivity contribution is 6.06. The minimum Gasteiger partial charge on any atom is -0.491 e. The zero-order valence-corrected chi connectivity index (χ0v) is 28.9. The Morgan fingerprint density at radius 1 is 0.547 bits per heavy atom. The third kappa shape index (κ3) is 6.78. The third-order valence-electron chi connectivity index (χ3n) is 9.53. The molecule has 0 spiro atoms. The van der Waals surface area contributed by atoms with Gasteiger partial charge in [-0.2, -0.15) is 0 Å². The lowest BCUT2D eigenvalue weighted by molar-refractivity contribution is -0.142. The van der Waals surface area contributed by atoms with Crippen LogP contribution in [0.1, 0.15) is 22.3 Å². The molecule has 0 bridgehead atoms. The Balaban J connectivity index is 1.34. The van der Waals surface area contributed by atoms with E-state index in [1.165, 1.54) is 0 Å². The Bertz CT molecular complexity index is 2140. The van der Waals surface area contributed by atoms with E-state index in [9.17, 15) is 19.8 Å². The Morgan fingerprint density at radius 2 is 0.943 bits per heavy atom. The summed E-state index contributed by atoms with van der Waals surface area (Å²) in [5.74, 6) is -0.124. The number of benzene rings is 6. The summed E-state index contributed by atoms with van der Waals surface area (Å²) in [5, 5.41) is 25.2. The smallest absolute Gasteiger partial charge is 0.330 e. The molecule has 6 aromatic rings. The molecular weight excluding hydrogens is 668 g/mol. The molecule has 53 heavy (non-hydrogen) atoms. The van der Waals surface area contributed by atoms with E-state index in [-0.39, 0.29) is 26.4 Å². The number of carbonyl (C=O) groups excluding carboxylic acids is 2. The molecule has 0 saturated heterocycles. The van der Waals surface area contributed by atoms with E-state index >= 15 is 0 Å². The summed E-state index contributed by atoms with van der Waals surface area (Å²) in [5.41, 5.74) is 5.81. The monoisotopic (exact) mass is 706 g/mol. The number of aliphatic hydroxyl groups excluding tert-OH is 2. The molecule has 0 saturated carbocycles. The Kier molecular flexibility index (Phi) is 10.1. The van der Waals surface area contributed by atoms with Crippen molar-refractivity contribution in [1.29, 1.82) is 0 Å². The number of carbonyl (C=O) groups is 2. The number of hydrogen-bond donors (Lipinski definition) is 2. The third-order valence-corrected chi connectivity index (χ3v) is 9.53. The molecule has 2 unspecified atom stereocenters. The van der Waals surface area contributed by atoms with Crippen molar-refractivity contribution in [3.05, 3.63) is 169 Å². The molecule has 1 aliphatic carbocycles. The first-order valence-corrected chi connectivity index (χ1v) is 17.3. The molecule has 2 atom stereocenters. The van der Waals surface area contributed by atoms with Crippen molar-refractivity contribution >= 4 is 33.5 Å². The molecule has 2 N–H and O–H groups in total. The van der Waals surface area contributed by atoms with Gasteiger partial charge in [-0.15, -0.1) is 0 Å². The van der Waals surface area contributed by atoms with Crippen molar-refractivity contribution in [1.82, 2.24) is 0 Å². The normalized spacial score (nSPS) is 13.7. The maximum atomic E-state index is 11.4. The topological polar surface area (TPSA) is 112 Å². The van der Waals surface area contributed by atoms with Gasteiger partial charge in [-0.1, -0.05) is 110 Å². The first-order valence-electron chi connectivity index (χ1n) is 17.3. The maximum absolute atomic E-state index is 11.4. The highest BCUT2D eigenvalue weighted by Gasteiger charge is 2.48. The second-order valence-corrected chi connectivity index (χ2v) is 12.8. The maximum Gasteiger partial charge on any atom is 0.330 e. The second-order valence-electron chi connectivity index (χ2n) is 12.8. The van der Waals surface area contributed by atoms with Crippen LogP contribution in [0.4, 0.5) is 0 Å². The SMILES string of the molecule is C=CC(=O)OCC(O)COc1ccc(C2(c3ccc(OCC(O)COC(=O)C=C)cc3)c3c(ccc4ccccc34)-c3ccc4ccccc4c32)cc1. The predicted molar refractivity (Wildman–Crippen MR) is 204 cm³/mol. The number of aliphatic hydroxyl groups is 2. The molecule has 0 amide bonds. The Labute approximate surface area is 307 Å². The number of hydrogen-bond acceptors (Lipinski definition) is 8. The fraction of sp³-hybridized carbons (Fsp3) is 0.156. The molecule has 266 valence electrons. The van der Waals surface area contributed by atoms with E-state index in [0.717, 1.165) is 67.1 Å². The summed E-state index contributed by atoms with van der Waals surface area (Å²) >= 11 is 0. The van der Waals surface area contributed by atoms with Gasteiger partial charge < -0.3 is 29.2 Å². The highest BCUT2D eigenvalue weighted by atomic mass is 16.6. The van der Waals surface area contributed by atoms with Crippen LogP contribution in [0.5, 0.6) is 11.5 Å². The van der Waals surface area contributed by atoms with Gasteiger partial charge in [0.1, 0.15) is 50.1 Å². The Hall–Kier alpha value is -6.22. The van der Waals surface area contributed by atoms with Crippen LogP contribution >= 0.6 is 0 Å². The second kappa shape index (κ2) is 15.2. The van der Waals surface area contributed by atoms with E-state index in [0.29, 0.717) is 11.5 Å². The summed E-state index contributed by atoms with van der Waals surface area (Å²) in [6.07, 6.45) is 0.0665. The lowest BCUT2D eigenvalue weighted by Gasteiger charge is -2.35. The van der Waals surface area contributed by atoms with E-state index in [2.05, 4.69) is 98.1 Å². The fourth-order valence-electron chi connectivity index (χ4n) is 7.23. The van der Waals surface area contributed by atoms with Gasteiger partial charge in [0.05, 0.1) is 5.41 Å². The zero-order valence-electron chi connectivity index (χ0n) is 28.9. The summed E-state index contributed by atoms with van der Waals surface area (Å²) in [7, 11) is 0. The molecule has 7 rings (SSSR count). The lowest BCUT2D eigenvalue weighted by Crippen LogP contribution is -2.29. The summed E-state index contributed by atoms with van der Waals surface area (Å²) in [6, 6.07) is 41.4. The van der Waals surface area contributed by atoms with Crippen LogP contribution in [0.3, 0.4) is 0 Å². The lowest BCUT2D eigenvalue weighted by atomic mass is 9.66. The van der Waals surface area contributed by atoms with E-state index in [1.807, 2.05) is 36.4 Å². The van der Waals surface area contributed by atoms with Crippen LogP contribution in [-0.4, -0.2) is 60.8 Å². The average molecular weight is 707 g/mol. The highest BCUT2D eigenvalue weighted by Crippen LogP contribution is 2.60. The van der Waals surface area contributed by atoms with Crippen LogP contribution in [0, 0.1) is 0 Å². The van der Waals surface area contributed by atoms with Gasteiger partial charge in [0.2, 0.25) is 0 Å². The van der Waals surface area contributed by atoms with Crippen LogP contribution in [-0.2, 0) is 24.5 Å².